The first kappa shape index (κ1) is 20.2. The van der Waals surface area contributed by atoms with Gasteiger partial charge in [0.05, 0.1) is 6.67 Å². The predicted molar refractivity (Wildman–Crippen MR) is 111 cm³/mol. The van der Waals surface area contributed by atoms with Crippen molar-refractivity contribution >= 4 is 0 Å². The number of unbranched alkanes of at least 4 members (excludes halogenated alkanes) is 2. The highest BCUT2D eigenvalue weighted by Gasteiger charge is 2.36. The molecule has 2 fully saturated rings. The molecule has 0 aliphatic heterocycles. The van der Waals surface area contributed by atoms with Crippen molar-refractivity contribution in [3.05, 3.63) is 23.8 Å². The molecule has 2 saturated carbocycles. The fraction of sp³-hybridized carbons (Fsp3) is 0.840. The molecule has 26 heavy (non-hydrogen) atoms. The number of halogens is 1. The highest BCUT2D eigenvalue weighted by molar-refractivity contribution is 5.29. The van der Waals surface area contributed by atoms with Gasteiger partial charge in [-0.25, -0.2) is 0 Å². The molecule has 3 aliphatic carbocycles. The Balaban J connectivity index is 1.46. The molecule has 3 aliphatic rings. The highest BCUT2D eigenvalue weighted by atomic mass is 19.1. The van der Waals surface area contributed by atoms with Gasteiger partial charge in [-0.3, -0.25) is 4.39 Å². The van der Waals surface area contributed by atoms with Crippen molar-refractivity contribution in [2.45, 2.75) is 97.3 Å². The Morgan fingerprint density at radius 1 is 0.962 bits per heavy atom. The minimum absolute atomic E-state index is 0.110. The van der Waals surface area contributed by atoms with Gasteiger partial charge in [-0.15, -0.1) is 0 Å². The van der Waals surface area contributed by atoms with E-state index < -0.39 is 0 Å². The lowest BCUT2D eigenvalue weighted by atomic mass is 9.63. The molecule has 0 saturated heterocycles. The first-order valence-corrected chi connectivity index (χ1v) is 11.6. The van der Waals surface area contributed by atoms with Crippen LogP contribution in [0.5, 0.6) is 0 Å². The van der Waals surface area contributed by atoms with E-state index in [9.17, 15) is 4.39 Å². The van der Waals surface area contributed by atoms with Crippen molar-refractivity contribution in [3.8, 4) is 0 Å². The monoisotopic (exact) mass is 360 g/mol. The number of hydrogen-bond acceptors (Lipinski definition) is 0. The van der Waals surface area contributed by atoms with E-state index in [1.165, 1.54) is 70.6 Å². The van der Waals surface area contributed by atoms with Crippen molar-refractivity contribution in [1.82, 2.24) is 0 Å². The SMILES string of the molecule is CCCCCC1CCC(C2(C)C=CC(C3CCC(CF)CC3)=CC2)CC1. The second-order valence-electron chi connectivity index (χ2n) is 9.83. The number of alkyl halides is 1. The fourth-order valence-electron chi connectivity index (χ4n) is 5.81. The zero-order valence-electron chi connectivity index (χ0n) is 17.3. The van der Waals surface area contributed by atoms with Crippen LogP contribution in [-0.4, -0.2) is 6.67 Å². The topological polar surface area (TPSA) is 0 Å². The van der Waals surface area contributed by atoms with Gasteiger partial charge in [-0.05, 0) is 79.6 Å². The van der Waals surface area contributed by atoms with Crippen molar-refractivity contribution in [1.29, 1.82) is 0 Å². The summed E-state index contributed by atoms with van der Waals surface area (Å²) < 4.78 is 12.8. The molecule has 0 spiro atoms. The summed E-state index contributed by atoms with van der Waals surface area (Å²) in [6.07, 6.45) is 24.8. The van der Waals surface area contributed by atoms with Crippen LogP contribution in [0.25, 0.3) is 0 Å². The van der Waals surface area contributed by atoms with Crippen molar-refractivity contribution < 1.29 is 4.39 Å². The van der Waals surface area contributed by atoms with E-state index in [0.29, 0.717) is 17.3 Å². The molecule has 1 heteroatoms. The maximum Gasteiger partial charge on any atom is 0.0922 e. The molecule has 0 bridgehead atoms. The summed E-state index contributed by atoms with van der Waals surface area (Å²) in [5, 5.41) is 0. The van der Waals surface area contributed by atoms with E-state index in [0.717, 1.165) is 24.7 Å². The molecule has 0 aromatic heterocycles. The van der Waals surface area contributed by atoms with Crippen molar-refractivity contribution in [2.24, 2.45) is 29.1 Å². The third-order valence-corrected chi connectivity index (χ3v) is 7.97. The Morgan fingerprint density at radius 3 is 2.23 bits per heavy atom. The maximum absolute atomic E-state index is 12.8. The van der Waals surface area contributed by atoms with Gasteiger partial charge >= 0.3 is 0 Å². The van der Waals surface area contributed by atoms with Crippen LogP contribution in [0.15, 0.2) is 23.8 Å². The second kappa shape index (κ2) is 9.56. The normalized spacial score (nSPS) is 38.2. The van der Waals surface area contributed by atoms with Crippen molar-refractivity contribution in [2.75, 3.05) is 6.67 Å². The molecule has 3 rings (SSSR count). The maximum atomic E-state index is 12.8. The lowest BCUT2D eigenvalue weighted by Crippen LogP contribution is -2.30. The third kappa shape index (κ3) is 5.02. The van der Waals surface area contributed by atoms with E-state index in [1.54, 1.807) is 5.57 Å². The molecule has 0 radical (unpaired) electrons. The first-order valence-electron chi connectivity index (χ1n) is 11.6. The summed E-state index contributed by atoms with van der Waals surface area (Å²) in [5.74, 6) is 2.93. The molecule has 1 unspecified atom stereocenters. The third-order valence-electron chi connectivity index (χ3n) is 7.97. The zero-order chi connectivity index (χ0) is 18.4. The molecule has 0 aromatic carbocycles. The summed E-state index contributed by atoms with van der Waals surface area (Å²) in [6, 6.07) is 0. The summed E-state index contributed by atoms with van der Waals surface area (Å²) in [5.41, 5.74) is 1.95. The van der Waals surface area contributed by atoms with Crippen molar-refractivity contribution in [3.63, 3.8) is 0 Å². The average Bonchev–Trinajstić information content (AvgIpc) is 2.69. The average molecular weight is 361 g/mol. The van der Waals surface area contributed by atoms with Gasteiger partial charge in [0.25, 0.3) is 0 Å². The summed E-state index contributed by atoms with van der Waals surface area (Å²) >= 11 is 0. The summed E-state index contributed by atoms with van der Waals surface area (Å²) in [4.78, 5) is 0. The lowest BCUT2D eigenvalue weighted by molar-refractivity contribution is 0.153. The van der Waals surface area contributed by atoms with Gasteiger partial charge in [0.2, 0.25) is 0 Å². The largest absolute Gasteiger partial charge is 0.251 e. The van der Waals surface area contributed by atoms with E-state index in [2.05, 4.69) is 32.1 Å². The van der Waals surface area contributed by atoms with E-state index >= 15 is 0 Å². The van der Waals surface area contributed by atoms with E-state index in [1.807, 2.05) is 0 Å². The Bertz CT molecular complexity index is 474. The summed E-state index contributed by atoms with van der Waals surface area (Å²) in [7, 11) is 0. The van der Waals surface area contributed by atoms with E-state index in [-0.39, 0.29) is 6.67 Å². The molecule has 148 valence electrons. The first-order chi connectivity index (χ1) is 12.6. The quantitative estimate of drug-likeness (QED) is 0.403. The van der Waals surface area contributed by atoms with Crippen LogP contribution in [0.1, 0.15) is 97.3 Å². The number of rotatable bonds is 7. The number of allylic oxidation sites excluding steroid dienone is 4. The smallest absolute Gasteiger partial charge is 0.0922 e. The minimum atomic E-state index is -0.110. The van der Waals surface area contributed by atoms with Gasteiger partial charge in [0, 0.05) is 0 Å². The Morgan fingerprint density at radius 2 is 1.65 bits per heavy atom. The standard InChI is InChI=1S/C25H41F/c1-3-4-5-6-20-9-13-24(14-10-20)25(2)17-15-23(16-18-25)22-11-7-21(19-26)8-12-22/h15-17,20-22,24H,3-14,18-19H2,1-2H3. The Kier molecular flexibility index (Phi) is 7.41. The van der Waals surface area contributed by atoms with Crippen LogP contribution in [-0.2, 0) is 0 Å². The fourth-order valence-corrected chi connectivity index (χ4v) is 5.81. The van der Waals surface area contributed by atoms with E-state index in [4.69, 9.17) is 0 Å². The predicted octanol–water partition coefficient (Wildman–Crippen LogP) is 8.04. The van der Waals surface area contributed by atoms with Gasteiger partial charge in [-0.1, -0.05) is 70.6 Å². The molecular weight excluding hydrogens is 319 g/mol. The molecule has 0 amide bonds. The minimum Gasteiger partial charge on any atom is -0.251 e. The van der Waals surface area contributed by atoms with Crippen LogP contribution < -0.4 is 0 Å². The second-order valence-corrected chi connectivity index (χ2v) is 9.83. The van der Waals surface area contributed by atoms with Crippen LogP contribution >= 0.6 is 0 Å². The van der Waals surface area contributed by atoms with Crippen LogP contribution in [0.3, 0.4) is 0 Å². The lowest BCUT2D eigenvalue weighted by Gasteiger charge is -2.42. The van der Waals surface area contributed by atoms with Gasteiger partial charge in [0.1, 0.15) is 0 Å². The molecule has 0 heterocycles. The van der Waals surface area contributed by atoms with Gasteiger partial charge in [0.15, 0.2) is 0 Å². The molecule has 0 nitrogen and oxygen atoms in total. The zero-order valence-corrected chi connectivity index (χ0v) is 17.3. The summed E-state index contributed by atoms with van der Waals surface area (Å²) in [6.45, 7) is 4.70. The Hall–Kier alpha value is -0.590. The molecular formula is C25H41F. The van der Waals surface area contributed by atoms with Gasteiger partial charge in [-0.2, -0.15) is 0 Å². The molecule has 1 atom stereocenters. The van der Waals surface area contributed by atoms with Gasteiger partial charge < -0.3 is 0 Å². The Labute approximate surface area is 161 Å². The molecule has 0 N–H and O–H groups in total. The molecule has 0 aromatic rings. The highest BCUT2D eigenvalue weighted by Crippen LogP contribution is 2.47. The number of hydrogen-bond donors (Lipinski definition) is 0. The van der Waals surface area contributed by atoms with Crippen LogP contribution in [0.4, 0.5) is 4.39 Å². The van der Waals surface area contributed by atoms with Crippen LogP contribution in [0, 0.1) is 29.1 Å². The van der Waals surface area contributed by atoms with Crippen LogP contribution in [0.2, 0.25) is 0 Å².